The van der Waals surface area contributed by atoms with Crippen LogP contribution in [0.25, 0.3) is 5.57 Å². The third-order valence-electron chi connectivity index (χ3n) is 4.52. The van der Waals surface area contributed by atoms with Crippen molar-refractivity contribution in [2.45, 2.75) is 19.4 Å². The lowest BCUT2D eigenvalue weighted by Crippen LogP contribution is -2.39. The summed E-state index contributed by atoms with van der Waals surface area (Å²) >= 11 is 3.49. The molecule has 122 valence electrons. The maximum atomic E-state index is 11.1. The van der Waals surface area contributed by atoms with Crippen LogP contribution < -0.4 is 15.5 Å². The van der Waals surface area contributed by atoms with Crippen LogP contribution >= 0.6 is 15.9 Å². The van der Waals surface area contributed by atoms with Crippen LogP contribution in [0.2, 0.25) is 0 Å². The average Bonchev–Trinajstić information content (AvgIpc) is 2.90. The predicted molar refractivity (Wildman–Crippen MR) is 92.7 cm³/mol. The topological polar surface area (TPSA) is 78.7 Å². The number of rotatable bonds is 2. The number of aromatic carboxylic acids is 1. The summed E-state index contributed by atoms with van der Waals surface area (Å²) in [6, 6.07) is 6.41. The molecule has 1 aromatic carbocycles. The number of aromatic nitrogens is 2. The maximum absolute atomic E-state index is 11.1. The van der Waals surface area contributed by atoms with E-state index in [4.69, 9.17) is 10.1 Å². The molecule has 1 saturated heterocycles. The van der Waals surface area contributed by atoms with E-state index in [0.717, 1.165) is 22.8 Å². The van der Waals surface area contributed by atoms with E-state index in [1.165, 1.54) is 17.0 Å². The molecule has 1 aromatic heterocycles. The number of piperidine rings is 1. The molecule has 7 heteroatoms. The van der Waals surface area contributed by atoms with Gasteiger partial charge in [-0.15, -0.1) is 0 Å². The van der Waals surface area contributed by atoms with Gasteiger partial charge in [-0.25, -0.2) is 14.8 Å². The molecule has 0 radical (unpaired) electrons. The van der Waals surface area contributed by atoms with Gasteiger partial charge in [-0.1, -0.05) is 22.0 Å². The molecule has 0 bridgehead atoms. The second-order valence-electron chi connectivity index (χ2n) is 6.02. The Kier molecular flexibility index (Phi) is 3.60. The van der Waals surface area contributed by atoms with Gasteiger partial charge in [0.05, 0.1) is 22.7 Å². The number of aryl methyl sites for hydroxylation is 1. The van der Waals surface area contributed by atoms with Crippen molar-refractivity contribution in [3.8, 4) is 0 Å². The monoisotopic (exact) mass is 386 g/mol. The molecule has 1 atom stereocenters. The first kappa shape index (κ1) is 15.3. The van der Waals surface area contributed by atoms with Gasteiger partial charge in [0, 0.05) is 29.0 Å². The van der Waals surface area contributed by atoms with Crippen molar-refractivity contribution < 1.29 is 9.90 Å². The number of carboxylic acid groups (broad SMARTS) is 1. The smallest absolute Gasteiger partial charge is 0.339 e. The minimum Gasteiger partial charge on any atom is -0.478 e. The standard InChI is InChI=1S/C17H15BrN4O2/c1-9-12(16(23)24)7-19-17(20-9)22-5-4-14-13(8-22)11-3-2-10(18)6-15(11)21-14/h2-3,6-7,14H,4-5,8H2,1H3,(H,23,24). The molecule has 2 aliphatic heterocycles. The molecule has 0 spiro atoms. The highest BCUT2D eigenvalue weighted by molar-refractivity contribution is 9.10. The number of nitrogens with zero attached hydrogens (tertiary/aromatic N) is 4. The van der Waals surface area contributed by atoms with Crippen LogP contribution in [-0.4, -0.2) is 40.2 Å². The molecule has 0 amide bonds. The Balaban J connectivity index is 1.70. The van der Waals surface area contributed by atoms with Crippen LogP contribution in [0.15, 0.2) is 33.9 Å². The highest BCUT2D eigenvalue weighted by Gasteiger charge is 2.28. The van der Waals surface area contributed by atoms with E-state index < -0.39 is 5.97 Å². The number of halogens is 1. The van der Waals surface area contributed by atoms with Crippen molar-refractivity contribution in [2.24, 2.45) is 4.99 Å². The zero-order chi connectivity index (χ0) is 16.8. The lowest BCUT2D eigenvalue weighted by molar-refractivity contribution is 0.0695. The largest absolute Gasteiger partial charge is 0.478 e. The molecular weight excluding hydrogens is 372 g/mol. The Morgan fingerprint density at radius 3 is 3.00 bits per heavy atom. The summed E-state index contributed by atoms with van der Waals surface area (Å²) < 4.78 is 1.03. The summed E-state index contributed by atoms with van der Waals surface area (Å²) in [6.07, 6.45) is 2.30. The van der Waals surface area contributed by atoms with Crippen molar-refractivity contribution >= 4 is 33.4 Å². The zero-order valence-electron chi connectivity index (χ0n) is 13.0. The fourth-order valence-electron chi connectivity index (χ4n) is 3.29. The van der Waals surface area contributed by atoms with Crippen LogP contribution in [0.5, 0.6) is 0 Å². The predicted octanol–water partition coefficient (Wildman–Crippen LogP) is 1.31. The SMILES string of the molecule is Cc1nc(N2CCC3N=c4cc(Br)ccc4=C3C2)ncc1C(=O)O. The molecule has 2 aliphatic rings. The molecule has 2 aromatic rings. The number of benzene rings is 1. The van der Waals surface area contributed by atoms with E-state index in [0.29, 0.717) is 18.2 Å². The van der Waals surface area contributed by atoms with Crippen LogP contribution in [0.1, 0.15) is 22.5 Å². The van der Waals surface area contributed by atoms with Crippen molar-refractivity contribution in [1.29, 1.82) is 0 Å². The minimum absolute atomic E-state index is 0.146. The lowest BCUT2D eigenvalue weighted by Gasteiger charge is -2.31. The molecule has 6 nitrogen and oxygen atoms in total. The number of hydrogen-bond donors (Lipinski definition) is 1. The first-order valence-corrected chi connectivity index (χ1v) is 8.50. The molecule has 0 aliphatic carbocycles. The second-order valence-corrected chi connectivity index (χ2v) is 6.93. The van der Waals surface area contributed by atoms with Gasteiger partial charge >= 0.3 is 5.97 Å². The van der Waals surface area contributed by atoms with Gasteiger partial charge in [-0.05, 0) is 31.1 Å². The molecule has 1 unspecified atom stereocenters. The normalized spacial score (nSPS) is 18.8. The molecule has 4 rings (SSSR count). The summed E-state index contributed by atoms with van der Waals surface area (Å²) in [4.78, 5) is 26.6. The van der Waals surface area contributed by atoms with Crippen LogP contribution in [0, 0.1) is 6.92 Å². The van der Waals surface area contributed by atoms with Crippen molar-refractivity contribution in [2.75, 3.05) is 18.0 Å². The first-order chi connectivity index (χ1) is 11.5. The van der Waals surface area contributed by atoms with Gasteiger partial charge in [0.1, 0.15) is 0 Å². The fraction of sp³-hybridized carbons (Fsp3) is 0.294. The number of carboxylic acids is 1. The average molecular weight is 387 g/mol. The van der Waals surface area contributed by atoms with Crippen LogP contribution in [0.4, 0.5) is 5.95 Å². The van der Waals surface area contributed by atoms with E-state index in [-0.39, 0.29) is 11.6 Å². The summed E-state index contributed by atoms with van der Waals surface area (Å²) in [7, 11) is 0. The Hall–Kier alpha value is -2.28. The Labute approximate surface area is 146 Å². The third kappa shape index (κ3) is 2.49. The summed E-state index contributed by atoms with van der Waals surface area (Å²) in [5.74, 6) is -0.421. The summed E-state index contributed by atoms with van der Waals surface area (Å²) in [5, 5.41) is 11.3. The molecule has 24 heavy (non-hydrogen) atoms. The second kappa shape index (κ2) is 5.66. The number of fused-ring (bicyclic) bond motifs is 2. The van der Waals surface area contributed by atoms with E-state index in [9.17, 15) is 4.79 Å². The quantitative estimate of drug-likeness (QED) is 0.841. The van der Waals surface area contributed by atoms with Crippen molar-refractivity contribution in [3.63, 3.8) is 0 Å². The van der Waals surface area contributed by atoms with Crippen LogP contribution in [0.3, 0.4) is 0 Å². The molecule has 1 N–H and O–H groups in total. The lowest BCUT2D eigenvalue weighted by atomic mass is 9.99. The van der Waals surface area contributed by atoms with Gasteiger partial charge < -0.3 is 10.0 Å². The number of hydrogen-bond acceptors (Lipinski definition) is 5. The Bertz CT molecular complexity index is 973. The van der Waals surface area contributed by atoms with E-state index >= 15 is 0 Å². The van der Waals surface area contributed by atoms with E-state index in [2.05, 4.69) is 36.9 Å². The van der Waals surface area contributed by atoms with E-state index in [1.807, 2.05) is 12.1 Å². The van der Waals surface area contributed by atoms with Gasteiger partial charge in [0.2, 0.25) is 5.95 Å². The Morgan fingerprint density at radius 2 is 2.25 bits per heavy atom. The van der Waals surface area contributed by atoms with Gasteiger partial charge in [0.25, 0.3) is 0 Å². The van der Waals surface area contributed by atoms with Crippen molar-refractivity contribution in [1.82, 2.24) is 9.97 Å². The van der Waals surface area contributed by atoms with Crippen molar-refractivity contribution in [3.05, 3.63) is 50.7 Å². The van der Waals surface area contributed by atoms with Crippen LogP contribution in [-0.2, 0) is 0 Å². The maximum Gasteiger partial charge on any atom is 0.339 e. The van der Waals surface area contributed by atoms with Gasteiger partial charge in [-0.2, -0.15) is 0 Å². The van der Waals surface area contributed by atoms with E-state index in [1.54, 1.807) is 6.92 Å². The fourth-order valence-corrected chi connectivity index (χ4v) is 3.64. The molecule has 3 heterocycles. The molecular formula is C17H15BrN4O2. The van der Waals surface area contributed by atoms with Gasteiger partial charge in [0.15, 0.2) is 0 Å². The highest BCUT2D eigenvalue weighted by Crippen LogP contribution is 2.24. The third-order valence-corrected chi connectivity index (χ3v) is 5.01. The summed E-state index contributed by atoms with van der Waals surface area (Å²) in [6.45, 7) is 3.22. The Morgan fingerprint density at radius 1 is 1.42 bits per heavy atom. The molecule has 1 fully saturated rings. The first-order valence-electron chi connectivity index (χ1n) is 7.71. The highest BCUT2D eigenvalue weighted by atomic mass is 79.9. The summed E-state index contributed by atoms with van der Waals surface area (Å²) in [5.41, 5.74) is 1.92. The number of anilines is 1. The zero-order valence-corrected chi connectivity index (χ0v) is 14.6. The number of carbonyl (C=O) groups is 1. The van der Waals surface area contributed by atoms with Gasteiger partial charge in [-0.3, -0.25) is 4.99 Å². The molecule has 0 saturated carbocycles. The minimum atomic E-state index is -0.999.